The summed E-state index contributed by atoms with van der Waals surface area (Å²) < 4.78 is 0. The number of hydrogen-bond donors (Lipinski definition) is 0. The van der Waals surface area contributed by atoms with Gasteiger partial charge in [-0.2, -0.15) is 0 Å². The molecule has 3 nitrogen and oxygen atoms in total. The van der Waals surface area contributed by atoms with Crippen molar-refractivity contribution in [3.05, 3.63) is 110 Å². The van der Waals surface area contributed by atoms with Crippen molar-refractivity contribution in [1.82, 2.24) is 0 Å². The third kappa shape index (κ3) is 4.32. The molecule has 3 aromatic rings. The Kier molecular flexibility index (Phi) is 6.57. The van der Waals surface area contributed by atoms with E-state index in [-0.39, 0.29) is 29.9 Å². The fourth-order valence-electron chi connectivity index (χ4n) is 5.63. The van der Waals surface area contributed by atoms with E-state index < -0.39 is 0 Å². The molecule has 0 N–H and O–H groups in total. The number of ketones is 1. The lowest BCUT2D eigenvalue weighted by Gasteiger charge is -2.41. The summed E-state index contributed by atoms with van der Waals surface area (Å²) in [4.78, 5) is 29.6. The largest absolute Gasteiger partial charge is 0.294 e. The van der Waals surface area contributed by atoms with E-state index >= 15 is 0 Å². The molecule has 2 atom stereocenters. The van der Waals surface area contributed by atoms with E-state index in [1.165, 1.54) is 0 Å². The average Bonchev–Trinajstić information content (AvgIpc) is 2.84. The highest BCUT2D eigenvalue weighted by molar-refractivity contribution is 6.35. The Hall–Kier alpha value is -2.88. The summed E-state index contributed by atoms with van der Waals surface area (Å²) >= 11 is 12.8. The molecule has 35 heavy (non-hydrogen) atoms. The Morgan fingerprint density at radius 2 is 1.69 bits per heavy atom. The number of anilines is 1. The topological polar surface area (TPSA) is 37.4 Å². The molecule has 2 aliphatic rings. The normalized spacial score (nSPS) is 20.3. The van der Waals surface area contributed by atoms with Gasteiger partial charge in [0, 0.05) is 40.1 Å². The maximum atomic E-state index is 13.9. The molecule has 0 radical (unpaired) electrons. The molecule has 2 unspecified atom stereocenters. The number of rotatable bonds is 4. The minimum absolute atomic E-state index is 0.00900. The summed E-state index contributed by atoms with van der Waals surface area (Å²) in [7, 11) is 0. The molecular weight excluding hydrogens is 477 g/mol. The zero-order valence-corrected chi connectivity index (χ0v) is 21.4. The summed E-state index contributed by atoms with van der Waals surface area (Å²) in [6.07, 6.45) is 2.03. The van der Waals surface area contributed by atoms with Gasteiger partial charge in [0.05, 0.1) is 5.69 Å². The molecule has 1 aliphatic heterocycles. The van der Waals surface area contributed by atoms with Crippen molar-refractivity contribution in [1.29, 1.82) is 0 Å². The number of para-hydroxylation sites is 1. The number of Topliss-reactive ketones (excluding diaryl/α,β-unsaturated/α-hetero) is 1. The molecule has 3 aromatic carbocycles. The minimum Gasteiger partial charge on any atom is -0.294 e. The summed E-state index contributed by atoms with van der Waals surface area (Å²) in [5.74, 6) is -0.284. The minimum atomic E-state index is -0.378. The van der Waals surface area contributed by atoms with Gasteiger partial charge >= 0.3 is 0 Å². The van der Waals surface area contributed by atoms with Gasteiger partial charge in [-0.15, -0.1) is 0 Å². The molecule has 0 bridgehead atoms. The number of aryl methyl sites for hydroxylation is 2. The maximum Gasteiger partial charge on any atom is 0.232 e. The summed E-state index contributed by atoms with van der Waals surface area (Å²) in [6.45, 7) is 4.13. The molecule has 1 heterocycles. The van der Waals surface area contributed by atoms with Crippen molar-refractivity contribution in [2.45, 2.75) is 51.4 Å². The van der Waals surface area contributed by atoms with Gasteiger partial charge in [-0.05, 0) is 60.1 Å². The Balaban J connectivity index is 1.72. The van der Waals surface area contributed by atoms with E-state index in [4.69, 9.17) is 23.2 Å². The first-order valence-corrected chi connectivity index (χ1v) is 12.8. The van der Waals surface area contributed by atoms with Crippen molar-refractivity contribution in [3.8, 4) is 0 Å². The van der Waals surface area contributed by atoms with E-state index in [9.17, 15) is 9.59 Å². The molecule has 0 fully saturated rings. The van der Waals surface area contributed by atoms with Crippen LogP contribution in [0, 0.1) is 6.92 Å². The monoisotopic (exact) mass is 503 g/mol. The Morgan fingerprint density at radius 3 is 2.40 bits per heavy atom. The standard InChI is InChI=1S/C30H27Cl2NO2/c1-3-19-11-7-8-18(2)30(19)33-26-14-21(20-9-5-4-6-10-20)15-27(34)29(26)24(17-28(33)35)23-13-12-22(31)16-25(23)32/h4-13,16,21,24H,3,14-15,17H2,1-2H3. The second-order valence-electron chi connectivity index (χ2n) is 9.39. The Morgan fingerprint density at radius 1 is 0.914 bits per heavy atom. The van der Waals surface area contributed by atoms with Crippen molar-refractivity contribution >= 4 is 40.6 Å². The summed E-state index contributed by atoms with van der Waals surface area (Å²) in [6, 6.07) is 21.6. The first kappa shape index (κ1) is 23.8. The fourth-order valence-corrected chi connectivity index (χ4v) is 6.17. The highest BCUT2D eigenvalue weighted by Crippen LogP contribution is 2.49. The molecule has 0 saturated heterocycles. The van der Waals surface area contributed by atoms with Crippen molar-refractivity contribution in [3.63, 3.8) is 0 Å². The average molecular weight is 504 g/mol. The van der Waals surface area contributed by atoms with Crippen LogP contribution in [0.4, 0.5) is 5.69 Å². The number of halogens is 2. The highest BCUT2D eigenvalue weighted by atomic mass is 35.5. The Labute approximate surface area is 216 Å². The molecule has 0 saturated carbocycles. The first-order chi connectivity index (χ1) is 16.9. The third-order valence-electron chi connectivity index (χ3n) is 7.26. The van der Waals surface area contributed by atoms with E-state index in [1.807, 2.05) is 48.2 Å². The van der Waals surface area contributed by atoms with Crippen LogP contribution in [-0.2, 0) is 16.0 Å². The van der Waals surface area contributed by atoms with Crippen LogP contribution in [0.1, 0.15) is 60.3 Å². The van der Waals surface area contributed by atoms with Crippen molar-refractivity contribution < 1.29 is 9.59 Å². The van der Waals surface area contributed by atoms with Gasteiger partial charge in [0.2, 0.25) is 5.91 Å². The second-order valence-corrected chi connectivity index (χ2v) is 10.2. The molecule has 5 heteroatoms. The van der Waals surface area contributed by atoms with Gasteiger partial charge in [-0.1, -0.05) is 84.7 Å². The number of carbonyl (C=O) groups is 2. The van der Waals surface area contributed by atoms with Gasteiger partial charge in [0.1, 0.15) is 0 Å². The van der Waals surface area contributed by atoms with Gasteiger partial charge in [0.25, 0.3) is 0 Å². The predicted octanol–water partition coefficient (Wildman–Crippen LogP) is 7.79. The summed E-state index contributed by atoms with van der Waals surface area (Å²) in [5.41, 5.74) is 6.46. The van der Waals surface area contributed by atoms with Gasteiger partial charge in [-0.25, -0.2) is 0 Å². The summed E-state index contributed by atoms with van der Waals surface area (Å²) in [5, 5.41) is 1.02. The molecular formula is C30H27Cl2NO2. The van der Waals surface area contributed by atoms with E-state index in [0.717, 1.165) is 40.1 Å². The molecule has 5 rings (SSSR count). The van der Waals surface area contributed by atoms with Gasteiger partial charge < -0.3 is 0 Å². The third-order valence-corrected chi connectivity index (χ3v) is 7.83. The number of hydrogen-bond acceptors (Lipinski definition) is 2. The first-order valence-electron chi connectivity index (χ1n) is 12.1. The molecule has 1 amide bonds. The van der Waals surface area contributed by atoms with Crippen molar-refractivity contribution in [2.75, 3.05) is 4.90 Å². The van der Waals surface area contributed by atoms with Gasteiger partial charge in [-0.3, -0.25) is 14.5 Å². The van der Waals surface area contributed by atoms with E-state index in [2.05, 4.69) is 25.1 Å². The van der Waals surface area contributed by atoms with Crippen LogP contribution in [0.15, 0.2) is 78.0 Å². The smallest absolute Gasteiger partial charge is 0.232 e. The zero-order chi connectivity index (χ0) is 24.7. The van der Waals surface area contributed by atoms with Crippen LogP contribution in [-0.4, -0.2) is 11.7 Å². The van der Waals surface area contributed by atoms with Crippen LogP contribution in [0.5, 0.6) is 0 Å². The van der Waals surface area contributed by atoms with Crippen LogP contribution >= 0.6 is 23.2 Å². The number of allylic oxidation sites excluding steroid dienone is 2. The Bertz CT molecular complexity index is 1350. The van der Waals surface area contributed by atoms with E-state index in [0.29, 0.717) is 28.5 Å². The zero-order valence-electron chi connectivity index (χ0n) is 19.9. The fraction of sp³-hybridized carbons (Fsp3) is 0.267. The lowest BCUT2D eigenvalue weighted by Crippen LogP contribution is -2.42. The highest BCUT2D eigenvalue weighted by Gasteiger charge is 2.43. The second kappa shape index (κ2) is 9.64. The van der Waals surface area contributed by atoms with E-state index in [1.54, 1.807) is 12.1 Å². The lowest BCUT2D eigenvalue weighted by atomic mass is 9.72. The van der Waals surface area contributed by atoms with Crippen molar-refractivity contribution in [2.24, 2.45) is 0 Å². The SMILES string of the molecule is CCc1cccc(C)c1N1C(=O)CC(c2ccc(Cl)cc2Cl)C2=C1CC(c1ccccc1)CC2=O. The van der Waals surface area contributed by atoms with Crippen LogP contribution in [0.25, 0.3) is 0 Å². The number of amides is 1. The molecule has 178 valence electrons. The lowest BCUT2D eigenvalue weighted by molar-refractivity contribution is -0.120. The quantitative estimate of drug-likeness (QED) is 0.364. The number of benzene rings is 3. The van der Waals surface area contributed by atoms with Crippen LogP contribution in [0.2, 0.25) is 10.0 Å². The van der Waals surface area contributed by atoms with Crippen LogP contribution < -0.4 is 4.90 Å². The number of carbonyl (C=O) groups excluding carboxylic acids is 2. The predicted molar refractivity (Wildman–Crippen MR) is 142 cm³/mol. The maximum absolute atomic E-state index is 13.9. The molecule has 0 aromatic heterocycles. The molecule has 0 spiro atoms. The van der Waals surface area contributed by atoms with Crippen LogP contribution in [0.3, 0.4) is 0 Å². The molecule has 1 aliphatic carbocycles. The van der Waals surface area contributed by atoms with Gasteiger partial charge in [0.15, 0.2) is 5.78 Å². The number of nitrogens with zero attached hydrogens (tertiary/aromatic N) is 1.